The quantitative estimate of drug-likeness (QED) is 0.575. The number of nitrogens with one attached hydrogen (secondary N) is 1. The van der Waals surface area contributed by atoms with Crippen molar-refractivity contribution in [2.45, 2.75) is 9.79 Å². The number of rotatable bonds is 2. The lowest BCUT2D eigenvalue weighted by molar-refractivity contribution is 0.258. The monoisotopic (exact) mass is 382 g/mol. The fourth-order valence-corrected chi connectivity index (χ4v) is 4.10. The van der Waals surface area contributed by atoms with E-state index in [9.17, 15) is 4.79 Å². The molecule has 26 heavy (non-hydrogen) atoms. The highest BCUT2D eigenvalue weighted by atomic mass is 35.5. The van der Waals surface area contributed by atoms with Crippen molar-refractivity contribution in [3.05, 3.63) is 71.8 Å². The van der Waals surface area contributed by atoms with E-state index < -0.39 is 0 Å². The van der Waals surface area contributed by atoms with Gasteiger partial charge >= 0.3 is 6.03 Å². The largest absolute Gasteiger partial charge is 0.495 e. The minimum Gasteiger partial charge on any atom is -0.495 e. The molecule has 3 aromatic carbocycles. The molecule has 130 valence electrons. The SMILES string of the molecule is COc1ccc(Cl)cc1NC(=O)N1c2ccccc2Sc2ccccc21. The topological polar surface area (TPSA) is 41.6 Å². The number of amides is 2. The van der Waals surface area contributed by atoms with Gasteiger partial charge in [-0.3, -0.25) is 4.90 Å². The number of fused-ring (bicyclic) bond motifs is 2. The molecule has 0 radical (unpaired) electrons. The number of ether oxygens (including phenoxy) is 1. The summed E-state index contributed by atoms with van der Waals surface area (Å²) in [5, 5.41) is 3.45. The van der Waals surface area contributed by atoms with Crippen molar-refractivity contribution in [1.82, 2.24) is 0 Å². The number of urea groups is 1. The first kappa shape index (κ1) is 16.8. The number of nitrogens with zero attached hydrogens (tertiary/aromatic N) is 1. The lowest BCUT2D eigenvalue weighted by Gasteiger charge is -2.31. The molecule has 0 saturated carbocycles. The van der Waals surface area contributed by atoms with Crippen LogP contribution in [-0.4, -0.2) is 13.1 Å². The second-order valence-corrected chi connectivity index (χ2v) is 7.17. The molecule has 0 fully saturated rings. The van der Waals surface area contributed by atoms with Crippen LogP contribution in [0.5, 0.6) is 5.75 Å². The third-order valence-electron chi connectivity index (χ3n) is 4.04. The minimum atomic E-state index is -0.272. The van der Waals surface area contributed by atoms with Crippen molar-refractivity contribution in [2.75, 3.05) is 17.3 Å². The third kappa shape index (κ3) is 3.00. The Hall–Kier alpha value is -2.63. The maximum absolute atomic E-state index is 13.2. The van der Waals surface area contributed by atoms with Gasteiger partial charge in [0.25, 0.3) is 0 Å². The van der Waals surface area contributed by atoms with Crippen LogP contribution in [0.1, 0.15) is 0 Å². The number of halogens is 1. The molecule has 1 N–H and O–H groups in total. The number of benzene rings is 3. The first-order chi connectivity index (χ1) is 12.7. The van der Waals surface area contributed by atoms with Gasteiger partial charge in [-0.1, -0.05) is 47.6 Å². The average Bonchev–Trinajstić information content (AvgIpc) is 2.66. The summed E-state index contributed by atoms with van der Waals surface area (Å²) in [5.74, 6) is 0.552. The van der Waals surface area contributed by atoms with E-state index in [0.717, 1.165) is 21.2 Å². The number of hydrogen-bond acceptors (Lipinski definition) is 3. The van der Waals surface area contributed by atoms with Crippen LogP contribution in [0.15, 0.2) is 76.5 Å². The van der Waals surface area contributed by atoms with Crippen LogP contribution in [0.2, 0.25) is 5.02 Å². The molecule has 6 heteroatoms. The summed E-state index contributed by atoms with van der Waals surface area (Å²) in [6, 6.07) is 20.5. The van der Waals surface area contributed by atoms with Crippen LogP contribution in [0.4, 0.5) is 21.9 Å². The molecular formula is C20H15ClN2O2S. The van der Waals surface area contributed by atoms with Gasteiger partial charge in [0.1, 0.15) is 5.75 Å². The Morgan fingerprint density at radius 1 is 1.00 bits per heavy atom. The van der Waals surface area contributed by atoms with Crippen LogP contribution in [0.3, 0.4) is 0 Å². The summed E-state index contributed by atoms with van der Waals surface area (Å²) in [6.45, 7) is 0. The standard InChI is InChI=1S/C20H15ClN2O2S/c1-25-17-11-10-13(21)12-14(17)22-20(24)23-15-6-2-4-8-18(15)26-19-9-5-3-7-16(19)23/h2-12H,1H3,(H,22,24). The van der Waals surface area contributed by atoms with Gasteiger partial charge in [-0.15, -0.1) is 0 Å². The molecule has 3 aromatic rings. The molecule has 2 amide bonds. The average molecular weight is 383 g/mol. The van der Waals surface area contributed by atoms with Gasteiger partial charge in [-0.05, 0) is 42.5 Å². The fraction of sp³-hybridized carbons (Fsp3) is 0.0500. The Morgan fingerprint density at radius 2 is 1.62 bits per heavy atom. The van der Waals surface area contributed by atoms with E-state index in [-0.39, 0.29) is 6.03 Å². The van der Waals surface area contributed by atoms with Crippen molar-refractivity contribution in [3.8, 4) is 5.75 Å². The molecule has 1 aliphatic rings. The van der Waals surface area contributed by atoms with Crippen LogP contribution in [0, 0.1) is 0 Å². The molecule has 0 spiro atoms. The van der Waals surface area contributed by atoms with Gasteiger partial charge in [-0.25, -0.2) is 4.79 Å². The Labute approximate surface area is 160 Å². The predicted molar refractivity (Wildman–Crippen MR) is 106 cm³/mol. The molecule has 4 nitrogen and oxygen atoms in total. The maximum Gasteiger partial charge on any atom is 0.331 e. The maximum atomic E-state index is 13.2. The van der Waals surface area contributed by atoms with E-state index >= 15 is 0 Å². The van der Waals surface area contributed by atoms with Gasteiger partial charge < -0.3 is 10.1 Å². The zero-order valence-electron chi connectivity index (χ0n) is 13.9. The highest BCUT2D eigenvalue weighted by Crippen LogP contribution is 2.48. The summed E-state index contributed by atoms with van der Waals surface area (Å²) in [7, 11) is 1.56. The number of anilines is 3. The second kappa shape index (κ2) is 6.94. The molecule has 0 atom stereocenters. The van der Waals surface area contributed by atoms with Crippen LogP contribution in [-0.2, 0) is 0 Å². The Balaban J connectivity index is 1.76. The van der Waals surface area contributed by atoms with Crippen molar-refractivity contribution in [2.24, 2.45) is 0 Å². The van der Waals surface area contributed by atoms with Crippen molar-refractivity contribution < 1.29 is 9.53 Å². The molecule has 0 aliphatic carbocycles. The Morgan fingerprint density at radius 3 is 2.23 bits per heavy atom. The number of carbonyl (C=O) groups excluding carboxylic acids is 1. The minimum absolute atomic E-state index is 0.272. The third-order valence-corrected chi connectivity index (χ3v) is 5.40. The Kier molecular flexibility index (Phi) is 4.49. The molecule has 0 unspecified atom stereocenters. The number of carbonyl (C=O) groups is 1. The van der Waals surface area contributed by atoms with Gasteiger partial charge in [0.15, 0.2) is 0 Å². The highest BCUT2D eigenvalue weighted by molar-refractivity contribution is 7.99. The summed E-state index contributed by atoms with van der Waals surface area (Å²) in [5.41, 5.74) is 2.21. The summed E-state index contributed by atoms with van der Waals surface area (Å²) in [4.78, 5) is 16.9. The van der Waals surface area contributed by atoms with E-state index in [1.807, 2.05) is 48.5 Å². The molecule has 0 bridgehead atoms. The van der Waals surface area contributed by atoms with Crippen molar-refractivity contribution in [1.29, 1.82) is 0 Å². The first-order valence-electron chi connectivity index (χ1n) is 7.98. The molecule has 0 aromatic heterocycles. The van der Waals surface area contributed by atoms with Crippen molar-refractivity contribution in [3.63, 3.8) is 0 Å². The lowest BCUT2D eigenvalue weighted by Crippen LogP contribution is -2.32. The van der Waals surface area contributed by atoms with Gasteiger partial charge in [0.05, 0.1) is 24.2 Å². The van der Waals surface area contributed by atoms with Crippen molar-refractivity contribution >= 4 is 46.5 Å². The van der Waals surface area contributed by atoms with Crippen LogP contribution in [0.25, 0.3) is 0 Å². The van der Waals surface area contributed by atoms with E-state index in [0.29, 0.717) is 16.5 Å². The summed E-state index contributed by atoms with van der Waals surface area (Å²) in [6.07, 6.45) is 0. The van der Waals surface area contributed by atoms with Gasteiger partial charge in [0.2, 0.25) is 0 Å². The molecule has 1 aliphatic heterocycles. The van der Waals surface area contributed by atoms with E-state index in [4.69, 9.17) is 16.3 Å². The van der Waals surface area contributed by atoms with E-state index in [1.165, 1.54) is 0 Å². The predicted octanol–water partition coefficient (Wildman–Crippen LogP) is 6.18. The number of hydrogen-bond donors (Lipinski definition) is 1. The lowest BCUT2D eigenvalue weighted by atomic mass is 10.2. The number of para-hydroxylation sites is 2. The van der Waals surface area contributed by atoms with Gasteiger partial charge in [0, 0.05) is 14.8 Å². The summed E-state index contributed by atoms with van der Waals surface area (Å²) >= 11 is 7.73. The molecule has 0 saturated heterocycles. The molecule has 1 heterocycles. The second-order valence-electron chi connectivity index (χ2n) is 5.65. The van der Waals surface area contributed by atoms with E-state index in [2.05, 4.69) is 5.32 Å². The van der Waals surface area contributed by atoms with E-state index in [1.54, 1.807) is 42.0 Å². The molecule has 4 rings (SSSR count). The normalized spacial score (nSPS) is 12.2. The first-order valence-corrected chi connectivity index (χ1v) is 9.17. The van der Waals surface area contributed by atoms with Gasteiger partial charge in [-0.2, -0.15) is 0 Å². The number of methoxy groups -OCH3 is 1. The molecular weight excluding hydrogens is 368 g/mol. The zero-order chi connectivity index (χ0) is 18.1. The smallest absolute Gasteiger partial charge is 0.331 e. The highest BCUT2D eigenvalue weighted by Gasteiger charge is 2.28. The summed E-state index contributed by atoms with van der Waals surface area (Å²) < 4.78 is 5.33. The fourth-order valence-electron chi connectivity index (χ4n) is 2.87. The van der Waals surface area contributed by atoms with Crippen LogP contribution >= 0.6 is 23.4 Å². The zero-order valence-corrected chi connectivity index (χ0v) is 15.5. The Bertz CT molecular complexity index is 948. The van der Waals surface area contributed by atoms with Crippen LogP contribution < -0.4 is 15.0 Å².